The lowest BCUT2D eigenvalue weighted by molar-refractivity contribution is -0.143. The molecule has 1 amide bonds. The maximum absolute atomic E-state index is 12.8. The lowest BCUT2D eigenvalue weighted by Crippen LogP contribution is -2.55. The molecule has 1 aromatic heterocycles. The number of nitriles is 1. The van der Waals surface area contributed by atoms with Gasteiger partial charge in [0.2, 0.25) is 5.91 Å². The molecule has 3 heterocycles. The standard InChI is InChI=1S/C36H45N7O4/c1-8-32(44)43-18-17-42(22-26(43)13-15-37)33-29-14-16-41(23-30(29)38-35(39-33)46-24(2)21-40(6)7)31-20-27(47-34(45)36(3,4)5)19-25-11-9-10-12-28(25)31/h8-12,19-20,24,26H,1,13-14,16-18,21-23H2,2-7H3/t24-,26?/m1/s1. The van der Waals surface area contributed by atoms with E-state index in [4.69, 9.17) is 19.4 Å². The molecule has 2 aliphatic rings. The molecular formula is C36H45N7O4. The Morgan fingerprint density at radius 1 is 1.15 bits per heavy atom. The first-order valence-electron chi connectivity index (χ1n) is 16.1. The van der Waals surface area contributed by atoms with Crippen LogP contribution >= 0.6 is 0 Å². The number of likely N-dealkylation sites (N-methyl/N-ethyl adjacent to an activating group) is 1. The number of esters is 1. The maximum Gasteiger partial charge on any atom is 0.318 e. The van der Waals surface area contributed by atoms with E-state index in [1.807, 2.05) is 72.1 Å². The highest BCUT2D eigenvalue weighted by atomic mass is 16.5. The summed E-state index contributed by atoms with van der Waals surface area (Å²) in [5, 5.41) is 11.6. The molecule has 0 spiro atoms. The Hall–Kier alpha value is -4.69. The summed E-state index contributed by atoms with van der Waals surface area (Å²) < 4.78 is 12.1. The number of carbonyl (C=O) groups is 2. The van der Waals surface area contributed by atoms with E-state index in [0.29, 0.717) is 57.4 Å². The van der Waals surface area contributed by atoms with E-state index < -0.39 is 5.41 Å². The Balaban J connectivity index is 1.52. The smallest absolute Gasteiger partial charge is 0.318 e. The molecule has 5 rings (SSSR count). The van der Waals surface area contributed by atoms with Crippen LogP contribution in [-0.2, 0) is 22.6 Å². The van der Waals surface area contributed by atoms with E-state index in [1.54, 1.807) is 4.90 Å². The quantitative estimate of drug-likeness (QED) is 0.187. The second-order valence-electron chi connectivity index (χ2n) is 13.6. The normalized spacial score (nSPS) is 17.2. The highest BCUT2D eigenvalue weighted by Crippen LogP contribution is 2.37. The third kappa shape index (κ3) is 7.66. The van der Waals surface area contributed by atoms with Crippen molar-refractivity contribution in [2.24, 2.45) is 5.41 Å². The fraction of sp³-hybridized carbons (Fsp3) is 0.472. The second kappa shape index (κ2) is 14.0. The van der Waals surface area contributed by atoms with Gasteiger partial charge in [-0.3, -0.25) is 9.59 Å². The molecule has 1 fully saturated rings. The van der Waals surface area contributed by atoms with Gasteiger partial charge < -0.3 is 29.1 Å². The third-order valence-corrected chi connectivity index (χ3v) is 8.50. The Labute approximate surface area is 277 Å². The van der Waals surface area contributed by atoms with Gasteiger partial charge in [-0.15, -0.1) is 0 Å². The lowest BCUT2D eigenvalue weighted by atomic mass is 9.97. The van der Waals surface area contributed by atoms with Crippen molar-refractivity contribution in [1.29, 1.82) is 5.26 Å². The van der Waals surface area contributed by atoms with Crippen LogP contribution in [0.2, 0.25) is 0 Å². The van der Waals surface area contributed by atoms with Gasteiger partial charge in [-0.25, -0.2) is 0 Å². The van der Waals surface area contributed by atoms with E-state index in [-0.39, 0.29) is 30.4 Å². The molecule has 0 N–H and O–H groups in total. The van der Waals surface area contributed by atoms with Crippen molar-refractivity contribution in [2.75, 3.05) is 56.6 Å². The summed E-state index contributed by atoms with van der Waals surface area (Å²) in [7, 11) is 3.99. The van der Waals surface area contributed by atoms with Crippen LogP contribution in [0.4, 0.5) is 11.5 Å². The average molecular weight is 640 g/mol. The zero-order valence-corrected chi connectivity index (χ0v) is 28.3. The number of benzene rings is 2. The highest BCUT2D eigenvalue weighted by Gasteiger charge is 2.34. The molecule has 0 bridgehead atoms. The maximum atomic E-state index is 12.8. The minimum absolute atomic E-state index is 0.151. The molecule has 3 aromatic rings. The number of ether oxygens (including phenoxy) is 2. The van der Waals surface area contributed by atoms with Crippen molar-refractivity contribution >= 4 is 34.2 Å². The van der Waals surface area contributed by atoms with Gasteiger partial charge in [-0.05, 0) is 65.7 Å². The van der Waals surface area contributed by atoms with Crippen molar-refractivity contribution in [2.45, 2.75) is 59.2 Å². The number of fused-ring (bicyclic) bond motifs is 2. The van der Waals surface area contributed by atoms with E-state index in [1.165, 1.54) is 6.08 Å². The SMILES string of the molecule is C=CC(=O)N1CCN(c2nc(O[C@H](C)CN(C)C)nc3c2CCN(c2cc(OC(=O)C(C)(C)C)cc4ccccc24)C3)CC1CC#N. The van der Waals surface area contributed by atoms with Crippen LogP contribution in [0.15, 0.2) is 49.1 Å². The topological polar surface area (TPSA) is 115 Å². The largest absolute Gasteiger partial charge is 0.459 e. The first-order chi connectivity index (χ1) is 22.4. The number of carbonyl (C=O) groups excluding carboxylic acids is 2. The molecule has 11 nitrogen and oxygen atoms in total. The number of anilines is 2. The second-order valence-corrected chi connectivity index (χ2v) is 13.6. The van der Waals surface area contributed by atoms with Gasteiger partial charge in [0, 0.05) is 55.4 Å². The fourth-order valence-electron chi connectivity index (χ4n) is 6.22. The summed E-state index contributed by atoms with van der Waals surface area (Å²) in [5.41, 5.74) is 2.21. The van der Waals surface area contributed by atoms with Gasteiger partial charge in [0.15, 0.2) is 0 Å². The Morgan fingerprint density at radius 2 is 1.91 bits per heavy atom. The van der Waals surface area contributed by atoms with Crippen LogP contribution in [0.1, 0.15) is 45.4 Å². The summed E-state index contributed by atoms with van der Waals surface area (Å²) >= 11 is 0. The van der Waals surface area contributed by atoms with Crippen LogP contribution in [-0.4, -0.2) is 90.6 Å². The van der Waals surface area contributed by atoms with Crippen LogP contribution in [0, 0.1) is 16.7 Å². The molecule has 1 saturated heterocycles. The van der Waals surface area contributed by atoms with Crippen LogP contribution in [0.25, 0.3) is 10.8 Å². The summed E-state index contributed by atoms with van der Waals surface area (Å²) in [6.45, 7) is 14.5. The van der Waals surface area contributed by atoms with Gasteiger partial charge in [0.1, 0.15) is 17.7 Å². The Bertz CT molecular complexity index is 1690. The molecule has 0 radical (unpaired) electrons. The van der Waals surface area contributed by atoms with Crippen LogP contribution < -0.4 is 19.3 Å². The molecule has 2 aliphatic heterocycles. The number of rotatable bonds is 9. The number of aromatic nitrogens is 2. The van der Waals surface area contributed by atoms with E-state index in [2.05, 4.69) is 33.4 Å². The molecule has 2 atom stereocenters. The lowest BCUT2D eigenvalue weighted by Gasteiger charge is -2.42. The monoisotopic (exact) mass is 639 g/mol. The summed E-state index contributed by atoms with van der Waals surface area (Å²) in [4.78, 5) is 43.5. The number of piperazine rings is 1. The summed E-state index contributed by atoms with van der Waals surface area (Å²) in [5.74, 6) is 0.825. The third-order valence-electron chi connectivity index (χ3n) is 8.50. The van der Waals surface area contributed by atoms with Gasteiger partial charge in [0.25, 0.3) is 0 Å². The minimum atomic E-state index is -0.639. The summed E-state index contributed by atoms with van der Waals surface area (Å²) in [6.07, 6.45) is 2.04. The predicted molar refractivity (Wildman–Crippen MR) is 183 cm³/mol. The van der Waals surface area contributed by atoms with Gasteiger partial charge in [0.05, 0.1) is 36.2 Å². The predicted octanol–water partition coefficient (Wildman–Crippen LogP) is 4.59. The van der Waals surface area contributed by atoms with Crippen molar-refractivity contribution in [3.05, 3.63) is 60.3 Å². The average Bonchev–Trinajstić information content (AvgIpc) is 3.02. The minimum Gasteiger partial charge on any atom is -0.459 e. The molecule has 248 valence electrons. The Morgan fingerprint density at radius 3 is 2.62 bits per heavy atom. The molecule has 0 saturated carbocycles. The first kappa shape index (κ1) is 33.7. The molecule has 11 heteroatoms. The molecular weight excluding hydrogens is 594 g/mol. The number of hydrogen-bond donors (Lipinski definition) is 0. The van der Waals surface area contributed by atoms with Crippen molar-refractivity contribution < 1.29 is 19.1 Å². The zero-order valence-electron chi connectivity index (χ0n) is 28.3. The van der Waals surface area contributed by atoms with Gasteiger partial charge in [-0.2, -0.15) is 15.2 Å². The molecule has 47 heavy (non-hydrogen) atoms. The van der Waals surface area contributed by atoms with Crippen LogP contribution in [0.5, 0.6) is 11.8 Å². The number of amides is 1. The van der Waals surface area contributed by atoms with Crippen molar-refractivity contribution in [3.63, 3.8) is 0 Å². The van der Waals surface area contributed by atoms with E-state index in [0.717, 1.165) is 33.5 Å². The highest BCUT2D eigenvalue weighted by molar-refractivity contribution is 5.96. The van der Waals surface area contributed by atoms with Gasteiger partial charge >= 0.3 is 12.0 Å². The van der Waals surface area contributed by atoms with Gasteiger partial charge in [-0.1, -0.05) is 30.8 Å². The van der Waals surface area contributed by atoms with Crippen molar-refractivity contribution in [3.8, 4) is 17.8 Å². The number of hydrogen-bond acceptors (Lipinski definition) is 10. The van der Waals surface area contributed by atoms with E-state index in [9.17, 15) is 14.9 Å². The van der Waals surface area contributed by atoms with Crippen molar-refractivity contribution in [1.82, 2.24) is 19.8 Å². The zero-order chi connectivity index (χ0) is 33.9. The van der Waals surface area contributed by atoms with Crippen LogP contribution in [0.3, 0.4) is 0 Å². The molecule has 2 aromatic carbocycles. The fourth-order valence-corrected chi connectivity index (χ4v) is 6.22. The first-order valence-corrected chi connectivity index (χ1v) is 16.1. The summed E-state index contributed by atoms with van der Waals surface area (Å²) in [6, 6.07) is 14.2. The molecule has 1 unspecified atom stereocenters. The Kier molecular flexibility index (Phi) is 10.0. The molecule has 0 aliphatic carbocycles. The number of nitrogens with zero attached hydrogens (tertiary/aromatic N) is 7. The van der Waals surface area contributed by atoms with E-state index >= 15 is 0 Å².